The Morgan fingerprint density at radius 2 is 2.00 bits per heavy atom. The summed E-state index contributed by atoms with van der Waals surface area (Å²) in [5.74, 6) is -0.738. The van der Waals surface area contributed by atoms with Gasteiger partial charge >= 0.3 is 6.16 Å². The minimum absolute atomic E-state index is 0.0127. The standard InChI is InChI=1S/C15H17N3O6S2/c19-11(6-10-25-26-12-3-1-2-7-17-12)16-8-9-23-15(22)24-18-13(20)4-5-14(18)21/h1-3,7H,4-6,8-10H2,(H,16,19). The summed E-state index contributed by atoms with van der Waals surface area (Å²) in [7, 11) is 3.01. The molecule has 1 aromatic rings. The molecule has 1 aliphatic heterocycles. The minimum atomic E-state index is -1.16. The molecule has 1 fully saturated rings. The van der Waals surface area contributed by atoms with Gasteiger partial charge in [-0.3, -0.25) is 19.2 Å². The van der Waals surface area contributed by atoms with E-state index in [0.29, 0.717) is 17.2 Å². The molecule has 11 heteroatoms. The number of aromatic nitrogens is 1. The molecule has 0 aromatic carbocycles. The van der Waals surface area contributed by atoms with Crippen LogP contribution in [0.15, 0.2) is 29.4 Å². The third-order valence-electron chi connectivity index (χ3n) is 3.01. The predicted octanol–water partition coefficient (Wildman–Crippen LogP) is 1.55. The summed E-state index contributed by atoms with van der Waals surface area (Å²) >= 11 is 0. The summed E-state index contributed by atoms with van der Waals surface area (Å²) in [6.07, 6.45) is 0.879. The second kappa shape index (κ2) is 10.7. The first-order chi connectivity index (χ1) is 12.6. The lowest BCUT2D eigenvalue weighted by Gasteiger charge is -2.12. The second-order valence-electron chi connectivity index (χ2n) is 4.94. The van der Waals surface area contributed by atoms with Crippen molar-refractivity contribution in [2.45, 2.75) is 24.3 Å². The molecule has 2 heterocycles. The topological polar surface area (TPSA) is 115 Å². The molecular weight excluding hydrogens is 382 g/mol. The third kappa shape index (κ3) is 6.92. The SMILES string of the molecule is O=C(CCSSc1ccccn1)NCCOC(=O)ON1C(=O)CCC1=O. The Hall–Kier alpha value is -2.27. The van der Waals surface area contributed by atoms with E-state index in [2.05, 4.69) is 15.1 Å². The average molecular weight is 399 g/mol. The van der Waals surface area contributed by atoms with Crippen LogP contribution < -0.4 is 5.32 Å². The molecule has 9 nitrogen and oxygen atoms in total. The van der Waals surface area contributed by atoms with Crippen molar-refractivity contribution in [3.63, 3.8) is 0 Å². The van der Waals surface area contributed by atoms with Crippen LogP contribution in [0.25, 0.3) is 0 Å². The van der Waals surface area contributed by atoms with E-state index in [1.165, 1.54) is 21.6 Å². The number of nitrogens with zero attached hydrogens (tertiary/aromatic N) is 2. The van der Waals surface area contributed by atoms with Gasteiger partial charge in [-0.2, -0.15) is 0 Å². The van der Waals surface area contributed by atoms with E-state index in [1.807, 2.05) is 18.2 Å². The number of hydrogen-bond acceptors (Lipinski definition) is 9. The Morgan fingerprint density at radius 1 is 1.23 bits per heavy atom. The largest absolute Gasteiger partial charge is 0.534 e. The maximum absolute atomic E-state index is 11.6. The molecule has 1 aliphatic rings. The highest BCUT2D eigenvalue weighted by molar-refractivity contribution is 8.76. The van der Waals surface area contributed by atoms with E-state index in [1.54, 1.807) is 6.20 Å². The summed E-state index contributed by atoms with van der Waals surface area (Å²) < 4.78 is 4.69. The Morgan fingerprint density at radius 3 is 2.69 bits per heavy atom. The maximum Gasteiger partial charge on any atom is 0.534 e. The quantitative estimate of drug-likeness (QED) is 0.286. The van der Waals surface area contributed by atoms with E-state index in [0.717, 1.165) is 5.03 Å². The van der Waals surface area contributed by atoms with Crippen molar-refractivity contribution < 1.29 is 28.8 Å². The fraction of sp³-hybridized carbons (Fsp3) is 0.400. The van der Waals surface area contributed by atoms with Crippen LogP contribution in [0.4, 0.5) is 4.79 Å². The smallest absolute Gasteiger partial charge is 0.431 e. The van der Waals surface area contributed by atoms with Crippen molar-refractivity contribution in [1.82, 2.24) is 15.4 Å². The highest BCUT2D eigenvalue weighted by Crippen LogP contribution is 2.29. The van der Waals surface area contributed by atoms with Gasteiger partial charge in [0.15, 0.2) is 0 Å². The molecule has 1 saturated heterocycles. The van der Waals surface area contributed by atoms with E-state index in [9.17, 15) is 19.2 Å². The van der Waals surface area contributed by atoms with Crippen LogP contribution in [0.1, 0.15) is 19.3 Å². The number of amides is 3. The second-order valence-corrected chi connectivity index (χ2v) is 7.38. The molecule has 0 atom stereocenters. The summed E-state index contributed by atoms with van der Waals surface area (Å²) in [6, 6.07) is 5.61. The number of rotatable bonds is 9. The highest BCUT2D eigenvalue weighted by atomic mass is 33.1. The zero-order valence-electron chi connectivity index (χ0n) is 13.7. The van der Waals surface area contributed by atoms with Gasteiger partial charge in [0.05, 0.1) is 6.54 Å². The summed E-state index contributed by atoms with van der Waals surface area (Å²) in [5, 5.41) is 3.87. The van der Waals surface area contributed by atoms with Gasteiger partial charge in [-0.05, 0) is 22.9 Å². The summed E-state index contributed by atoms with van der Waals surface area (Å²) in [5.41, 5.74) is 0. The Kier molecular flexibility index (Phi) is 8.22. The molecule has 1 N–H and O–H groups in total. The van der Waals surface area contributed by atoms with Crippen LogP contribution in [0.5, 0.6) is 0 Å². The van der Waals surface area contributed by atoms with E-state index in [-0.39, 0.29) is 31.9 Å². The Labute approximate surface area is 157 Å². The van der Waals surface area contributed by atoms with Gasteiger partial charge in [0.2, 0.25) is 5.91 Å². The molecule has 2 rings (SSSR count). The minimum Gasteiger partial charge on any atom is -0.431 e. The molecule has 26 heavy (non-hydrogen) atoms. The average Bonchev–Trinajstić information content (AvgIpc) is 2.95. The highest BCUT2D eigenvalue weighted by Gasteiger charge is 2.33. The predicted molar refractivity (Wildman–Crippen MR) is 93.7 cm³/mol. The molecule has 1 aromatic heterocycles. The number of hydrogen-bond donors (Lipinski definition) is 1. The van der Waals surface area contributed by atoms with Gasteiger partial charge in [-0.1, -0.05) is 21.9 Å². The van der Waals surface area contributed by atoms with Crippen LogP contribution in [0.3, 0.4) is 0 Å². The van der Waals surface area contributed by atoms with Crippen molar-refractivity contribution in [2.24, 2.45) is 0 Å². The first-order valence-electron chi connectivity index (χ1n) is 7.74. The summed E-state index contributed by atoms with van der Waals surface area (Å²) in [4.78, 5) is 54.2. The van der Waals surface area contributed by atoms with E-state index in [4.69, 9.17) is 4.74 Å². The molecule has 0 aliphatic carbocycles. The fourth-order valence-corrected chi connectivity index (χ4v) is 3.67. The van der Waals surface area contributed by atoms with Gasteiger partial charge in [0, 0.05) is 31.2 Å². The van der Waals surface area contributed by atoms with Crippen molar-refractivity contribution in [3.05, 3.63) is 24.4 Å². The monoisotopic (exact) mass is 399 g/mol. The third-order valence-corrected chi connectivity index (χ3v) is 5.28. The normalized spacial score (nSPS) is 13.6. The lowest BCUT2D eigenvalue weighted by Crippen LogP contribution is -2.33. The molecule has 140 valence electrons. The number of imide groups is 1. The lowest BCUT2D eigenvalue weighted by atomic mass is 10.4. The molecule has 0 spiro atoms. The van der Waals surface area contributed by atoms with Crippen molar-refractivity contribution >= 4 is 45.5 Å². The van der Waals surface area contributed by atoms with E-state index >= 15 is 0 Å². The molecule has 0 saturated carbocycles. The molecule has 0 bridgehead atoms. The maximum atomic E-state index is 11.6. The van der Waals surface area contributed by atoms with Crippen LogP contribution in [-0.4, -0.2) is 52.8 Å². The number of ether oxygens (including phenoxy) is 1. The van der Waals surface area contributed by atoms with Crippen LogP contribution >= 0.6 is 21.6 Å². The Bertz CT molecular complexity index is 642. The van der Waals surface area contributed by atoms with Gasteiger partial charge in [0.1, 0.15) is 11.6 Å². The summed E-state index contributed by atoms with van der Waals surface area (Å²) in [6.45, 7) is -0.0233. The molecule has 0 unspecified atom stereocenters. The fourth-order valence-electron chi connectivity index (χ4n) is 1.80. The number of pyridine rings is 1. The zero-order chi connectivity index (χ0) is 18.8. The first-order valence-corrected chi connectivity index (χ1v) is 10.1. The number of carbonyl (C=O) groups is 4. The Balaban J connectivity index is 1.49. The van der Waals surface area contributed by atoms with Crippen LogP contribution in [0, 0.1) is 0 Å². The number of nitrogens with one attached hydrogen (secondary N) is 1. The van der Waals surface area contributed by atoms with Gasteiger partial charge in [-0.15, -0.1) is 0 Å². The molecule has 0 radical (unpaired) electrons. The zero-order valence-corrected chi connectivity index (χ0v) is 15.3. The number of hydroxylamine groups is 2. The van der Waals surface area contributed by atoms with Gasteiger partial charge in [-0.25, -0.2) is 9.78 Å². The first kappa shape index (κ1) is 20.0. The van der Waals surface area contributed by atoms with Crippen molar-refractivity contribution in [1.29, 1.82) is 0 Å². The van der Waals surface area contributed by atoms with Gasteiger partial charge in [0.25, 0.3) is 11.8 Å². The van der Waals surface area contributed by atoms with Crippen molar-refractivity contribution in [2.75, 3.05) is 18.9 Å². The van der Waals surface area contributed by atoms with Crippen molar-refractivity contribution in [3.8, 4) is 0 Å². The van der Waals surface area contributed by atoms with Crippen LogP contribution in [0.2, 0.25) is 0 Å². The van der Waals surface area contributed by atoms with Crippen LogP contribution in [-0.2, 0) is 24.0 Å². The molecular formula is C15H17N3O6S2. The van der Waals surface area contributed by atoms with Gasteiger partial charge < -0.3 is 10.1 Å². The van der Waals surface area contributed by atoms with E-state index < -0.39 is 18.0 Å². The lowest BCUT2D eigenvalue weighted by molar-refractivity contribution is -0.177. The molecule has 3 amide bonds. The number of carbonyl (C=O) groups excluding carboxylic acids is 4.